The molecule has 0 bridgehead atoms. The van der Waals surface area contributed by atoms with E-state index in [-0.39, 0.29) is 5.82 Å². The fourth-order valence-corrected chi connectivity index (χ4v) is 2.37. The van der Waals surface area contributed by atoms with Crippen LogP contribution in [0.15, 0.2) is 12.7 Å². The average molecular weight is 297 g/mol. The van der Waals surface area contributed by atoms with Gasteiger partial charge in [-0.25, -0.2) is 15.0 Å². The van der Waals surface area contributed by atoms with Gasteiger partial charge in [-0.2, -0.15) is 0 Å². The molecule has 0 radical (unpaired) electrons. The number of hydrogen-bond donors (Lipinski definition) is 5. The minimum Gasteiger partial charge on any atom is -0.394 e. The second-order valence-corrected chi connectivity index (χ2v) is 4.80. The van der Waals surface area contributed by atoms with Crippen molar-refractivity contribution in [2.75, 3.05) is 12.3 Å². The Morgan fingerprint density at radius 2 is 1.90 bits per heavy atom. The molecule has 0 aliphatic carbocycles. The van der Waals surface area contributed by atoms with E-state index in [1.165, 1.54) is 17.2 Å². The summed E-state index contributed by atoms with van der Waals surface area (Å²) in [6.07, 6.45) is -3.82. The third-order valence-electron chi connectivity index (χ3n) is 3.53. The second kappa shape index (κ2) is 5.16. The molecule has 0 amide bonds. The van der Waals surface area contributed by atoms with Crippen molar-refractivity contribution in [3.8, 4) is 0 Å². The maximum absolute atomic E-state index is 10.1. The topological polar surface area (TPSA) is 160 Å². The molecule has 1 saturated heterocycles. The third-order valence-corrected chi connectivity index (χ3v) is 3.53. The summed E-state index contributed by atoms with van der Waals surface area (Å²) in [5.74, 6) is 0.170. The van der Waals surface area contributed by atoms with Crippen LogP contribution in [0.3, 0.4) is 0 Å². The fraction of sp³-hybridized carbons (Fsp3) is 0.545. The number of ether oxygens (including phenoxy) is 1. The molecule has 2 aromatic rings. The Morgan fingerprint density at radius 3 is 2.62 bits per heavy atom. The first-order valence-corrected chi connectivity index (χ1v) is 6.28. The number of hydrogen-bond acceptors (Lipinski definition) is 9. The van der Waals surface area contributed by atoms with E-state index >= 15 is 0 Å². The molecule has 5 atom stereocenters. The molecule has 1 fully saturated rings. The van der Waals surface area contributed by atoms with Gasteiger partial charge in [0.1, 0.15) is 36.3 Å². The van der Waals surface area contributed by atoms with Gasteiger partial charge in [-0.3, -0.25) is 4.57 Å². The van der Waals surface area contributed by atoms with Crippen LogP contribution in [0.4, 0.5) is 5.82 Å². The average Bonchev–Trinajstić information content (AvgIpc) is 2.91. The zero-order chi connectivity index (χ0) is 15.1. The molecule has 10 nitrogen and oxygen atoms in total. The van der Waals surface area contributed by atoms with Gasteiger partial charge >= 0.3 is 0 Å². The van der Waals surface area contributed by atoms with E-state index in [0.29, 0.717) is 11.2 Å². The molecule has 0 saturated carbocycles. The molecule has 3 rings (SSSR count). The van der Waals surface area contributed by atoms with Crippen LogP contribution in [0, 0.1) is 0 Å². The van der Waals surface area contributed by atoms with E-state index in [1.54, 1.807) is 0 Å². The summed E-state index contributed by atoms with van der Waals surface area (Å²) in [5, 5.41) is 38.8. The summed E-state index contributed by atoms with van der Waals surface area (Å²) in [4.78, 5) is 11.9. The van der Waals surface area contributed by atoms with Gasteiger partial charge in [0.05, 0.1) is 12.9 Å². The van der Waals surface area contributed by atoms with Crippen LogP contribution in [0.25, 0.3) is 11.2 Å². The number of aliphatic hydroxyl groups excluding tert-OH is 4. The van der Waals surface area contributed by atoms with Crippen LogP contribution in [-0.2, 0) is 4.74 Å². The number of aliphatic hydroxyl groups is 4. The highest BCUT2D eigenvalue weighted by Gasteiger charge is 2.44. The van der Waals surface area contributed by atoms with Gasteiger partial charge in [-0.05, 0) is 0 Å². The van der Waals surface area contributed by atoms with Gasteiger partial charge in [-0.1, -0.05) is 0 Å². The van der Waals surface area contributed by atoms with Crippen molar-refractivity contribution >= 4 is 17.0 Å². The van der Waals surface area contributed by atoms with Crippen LogP contribution in [-0.4, -0.2) is 71.0 Å². The Hall–Kier alpha value is -1.85. The molecule has 3 heterocycles. The number of nitrogen functional groups attached to an aromatic ring is 1. The van der Waals surface area contributed by atoms with E-state index < -0.39 is 37.3 Å². The highest BCUT2D eigenvalue weighted by atomic mass is 16.6. The van der Waals surface area contributed by atoms with E-state index in [9.17, 15) is 20.4 Å². The normalized spacial score (nSPS) is 33.4. The predicted molar refractivity (Wildman–Crippen MR) is 68.8 cm³/mol. The lowest BCUT2D eigenvalue weighted by molar-refractivity contribution is -0.250. The second-order valence-electron chi connectivity index (χ2n) is 4.80. The molecular weight excluding hydrogens is 282 g/mol. The zero-order valence-electron chi connectivity index (χ0n) is 10.8. The third kappa shape index (κ3) is 2.13. The number of nitrogens with two attached hydrogens (primary N) is 1. The Kier molecular flexibility index (Phi) is 3.47. The lowest BCUT2D eigenvalue weighted by Gasteiger charge is -2.40. The monoisotopic (exact) mass is 297 g/mol. The standard InChI is InChI=1S/C11H15N5O5/c12-9-5-10(14-2-13-9)16(3-15-5)11-8(20)7(19)6(18)4(1-17)21-11/h2-4,6-8,11,17-20H,1H2,(H2,12,13,14)/t4-,6+,7+,8-,11?/m1/s1. The number of rotatable bonds is 2. The van der Waals surface area contributed by atoms with Gasteiger partial charge in [-0.15, -0.1) is 0 Å². The number of anilines is 1. The van der Waals surface area contributed by atoms with Crippen LogP contribution < -0.4 is 5.73 Å². The van der Waals surface area contributed by atoms with E-state index in [0.717, 1.165) is 0 Å². The highest BCUT2D eigenvalue weighted by molar-refractivity contribution is 5.81. The molecule has 0 spiro atoms. The van der Waals surface area contributed by atoms with Crippen molar-refractivity contribution in [2.45, 2.75) is 30.6 Å². The Labute approximate surface area is 118 Å². The fourth-order valence-electron chi connectivity index (χ4n) is 2.37. The smallest absolute Gasteiger partial charge is 0.167 e. The predicted octanol–water partition coefficient (Wildman–Crippen LogP) is -2.62. The molecule has 6 N–H and O–H groups in total. The first-order valence-electron chi connectivity index (χ1n) is 6.28. The SMILES string of the molecule is Nc1ncnc2c1ncn2C1O[C@H](CO)[C@H](O)[C@H](O)[C@H]1O. The summed E-state index contributed by atoms with van der Waals surface area (Å²) >= 11 is 0. The largest absolute Gasteiger partial charge is 0.394 e. The summed E-state index contributed by atoms with van der Waals surface area (Å²) in [6.45, 7) is -0.509. The Morgan fingerprint density at radius 1 is 1.14 bits per heavy atom. The van der Waals surface area contributed by atoms with E-state index in [2.05, 4.69) is 15.0 Å². The van der Waals surface area contributed by atoms with Crippen LogP contribution in [0.2, 0.25) is 0 Å². The Balaban J connectivity index is 2.03. The number of aromatic nitrogens is 4. The van der Waals surface area contributed by atoms with Gasteiger partial charge in [0, 0.05) is 0 Å². The summed E-state index contributed by atoms with van der Waals surface area (Å²) in [7, 11) is 0. The van der Waals surface area contributed by atoms with E-state index in [4.69, 9.17) is 10.5 Å². The van der Waals surface area contributed by atoms with Gasteiger partial charge in [0.2, 0.25) is 0 Å². The number of fused-ring (bicyclic) bond motifs is 1. The molecular formula is C11H15N5O5. The van der Waals surface area contributed by atoms with Gasteiger partial charge < -0.3 is 30.9 Å². The van der Waals surface area contributed by atoms with Crippen molar-refractivity contribution in [1.29, 1.82) is 0 Å². The maximum atomic E-state index is 10.1. The van der Waals surface area contributed by atoms with Crippen LogP contribution in [0.1, 0.15) is 6.23 Å². The zero-order valence-corrected chi connectivity index (χ0v) is 10.8. The van der Waals surface area contributed by atoms with Crippen molar-refractivity contribution in [2.24, 2.45) is 0 Å². The first kappa shape index (κ1) is 14.1. The molecule has 10 heteroatoms. The summed E-state index contributed by atoms with van der Waals surface area (Å²) in [6, 6.07) is 0. The van der Waals surface area contributed by atoms with Crippen molar-refractivity contribution in [1.82, 2.24) is 19.5 Å². The van der Waals surface area contributed by atoms with Gasteiger partial charge in [0.25, 0.3) is 0 Å². The molecule has 1 aliphatic heterocycles. The van der Waals surface area contributed by atoms with Crippen molar-refractivity contribution in [3.05, 3.63) is 12.7 Å². The lowest BCUT2D eigenvalue weighted by atomic mass is 9.98. The highest BCUT2D eigenvalue weighted by Crippen LogP contribution is 2.30. The quantitative estimate of drug-likeness (QED) is 0.400. The van der Waals surface area contributed by atoms with Crippen molar-refractivity contribution in [3.63, 3.8) is 0 Å². The summed E-state index contributed by atoms with van der Waals surface area (Å²) < 4.78 is 6.81. The molecule has 1 aliphatic rings. The lowest BCUT2D eigenvalue weighted by Crippen LogP contribution is -2.56. The molecule has 21 heavy (non-hydrogen) atoms. The van der Waals surface area contributed by atoms with Crippen molar-refractivity contribution < 1.29 is 25.2 Å². The molecule has 114 valence electrons. The van der Waals surface area contributed by atoms with Crippen LogP contribution in [0.5, 0.6) is 0 Å². The van der Waals surface area contributed by atoms with Crippen LogP contribution >= 0.6 is 0 Å². The minimum absolute atomic E-state index is 0.170. The van der Waals surface area contributed by atoms with E-state index in [1.807, 2.05) is 0 Å². The van der Waals surface area contributed by atoms with Gasteiger partial charge in [0.15, 0.2) is 17.7 Å². The Bertz CT molecular complexity index is 647. The summed E-state index contributed by atoms with van der Waals surface area (Å²) in [5.41, 5.74) is 6.32. The first-order chi connectivity index (χ1) is 10.0. The molecule has 1 unspecified atom stereocenters. The maximum Gasteiger partial charge on any atom is 0.167 e. The minimum atomic E-state index is -1.47. The number of imidazole rings is 1. The molecule has 0 aromatic carbocycles. The molecule has 2 aromatic heterocycles. The number of nitrogens with zero attached hydrogens (tertiary/aromatic N) is 4.